The summed E-state index contributed by atoms with van der Waals surface area (Å²) in [6.45, 7) is 5.29. The van der Waals surface area contributed by atoms with Crippen LogP contribution in [0, 0.1) is 0 Å². The highest BCUT2D eigenvalue weighted by molar-refractivity contribution is 5.41. The van der Waals surface area contributed by atoms with Crippen molar-refractivity contribution in [3.05, 3.63) is 29.8 Å². The van der Waals surface area contributed by atoms with Gasteiger partial charge >= 0.3 is 0 Å². The first kappa shape index (κ1) is 13.3. The highest BCUT2D eigenvalue weighted by Crippen LogP contribution is 2.19. The van der Waals surface area contributed by atoms with Crippen LogP contribution >= 0.6 is 0 Å². The molecule has 1 unspecified atom stereocenters. The minimum Gasteiger partial charge on any atom is -0.399 e. The van der Waals surface area contributed by atoms with E-state index >= 15 is 0 Å². The first-order valence-electron chi connectivity index (χ1n) is 6.72. The Kier molecular flexibility index (Phi) is 4.99. The van der Waals surface area contributed by atoms with Gasteiger partial charge in [0, 0.05) is 25.3 Å². The molecule has 0 aromatic heterocycles. The molecule has 0 spiro atoms. The summed E-state index contributed by atoms with van der Waals surface area (Å²) in [6.07, 6.45) is 1.54. The summed E-state index contributed by atoms with van der Waals surface area (Å²) in [6, 6.07) is 7.53. The second-order valence-electron chi connectivity index (χ2n) is 4.92. The van der Waals surface area contributed by atoms with Crippen LogP contribution in [0.4, 0.5) is 5.69 Å². The molecule has 1 aromatic rings. The van der Waals surface area contributed by atoms with E-state index in [1.165, 1.54) is 6.42 Å². The van der Waals surface area contributed by atoms with E-state index < -0.39 is 6.10 Å². The van der Waals surface area contributed by atoms with Gasteiger partial charge in [0.1, 0.15) is 0 Å². The Balaban J connectivity index is 1.82. The Bertz CT molecular complexity index is 362. The molecule has 1 aromatic carbocycles. The van der Waals surface area contributed by atoms with Gasteiger partial charge in [-0.05, 0) is 43.6 Å². The van der Waals surface area contributed by atoms with E-state index in [0.717, 1.165) is 44.7 Å². The molecule has 4 N–H and O–H groups in total. The summed E-state index contributed by atoms with van der Waals surface area (Å²) >= 11 is 0. The molecule has 4 heteroatoms. The number of anilines is 1. The SMILES string of the molecule is Nc1cccc(C(O)CCN2CCCNCC2)c1. The van der Waals surface area contributed by atoms with E-state index in [0.29, 0.717) is 5.69 Å². The molecule has 1 heterocycles. The van der Waals surface area contributed by atoms with Gasteiger partial charge in [0.15, 0.2) is 0 Å². The normalized spacial score (nSPS) is 19.4. The largest absolute Gasteiger partial charge is 0.399 e. The molecular weight excluding hydrogens is 226 g/mol. The number of nitrogens with zero attached hydrogens (tertiary/aromatic N) is 1. The van der Waals surface area contributed by atoms with Crippen molar-refractivity contribution in [2.75, 3.05) is 38.5 Å². The molecule has 1 atom stereocenters. The van der Waals surface area contributed by atoms with Crippen molar-refractivity contribution in [3.8, 4) is 0 Å². The molecule has 18 heavy (non-hydrogen) atoms. The Morgan fingerprint density at radius 2 is 2.22 bits per heavy atom. The summed E-state index contributed by atoms with van der Waals surface area (Å²) in [7, 11) is 0. The van der Waals surface area contributed by atoms with Crippen molar-refractivity contribution in [2.24, 2.45) is 0 Å². The number of benzene rings is 1. The number of hydrogen-bond donors (Lipinski definition) is 3. The molecular formula is C14H23N3O. The zero-order valence-electron chi connectivity index (χ0n) is 10.8. The lowest BCUT2D eigenvalue weighted by molar-refractivity contribution is 0.144. The van der Waals surface area contributed by atoms with Gasteiger partial charge in [-0.3, -0.25) is 0 Å². The maximum atomic E-state index is 10.1. The lowest BCUT2D eigenvalue weighted by atomic mass is 10.1. The number of nitrogens with two attached hydrogens (primary N) is 1. The van der Waals surface area contributed by atoms with Gasteiger partial charge < -0.3 is 21.1 Å². The fourth-order valence-electron chi connectivity index (χ4n) is 2.36. The van der Waals surface area contributed by atoms with E-state index in [-0.39, 0.29) is 0 Å². The van der Waals surface area contributed by atoms with E-state index in [4.69, 9.17) is 5.73 Å². The maximum Gasteiger partial charge on any atom is 0.0803 e. The zero-order valence-corrected chi connectivity index (χ0v) is 10.8. The van der Waals surface area contributed by atoms with Crippen molar-refractivity contribution in [2.45, 2.75) is 18.9 Å². The molecule has 0 radical (unpaired) electrons. The predicted octanol–water partition coefficient (Wildman–Crippen LogP) is 0.988. The number of nitrogens with one attached hydrogen (secondary N) is 1. The smallest absolute Gasteiger partial charge is 0.0803 e. The Morgan fingerprint density at radius 3 is 3.06 bits per heavy atom. The zero-order chi connectivity index (χ0) is 12.8. The first-order valence-corrected chi connectivity index (χ1v) is 6.72. The third-order valence-corrected chi connectivity index (χ3v) is 3.45. The molecule has 0 bridgehead atoms. The van der Waals surface area contributed by atoms with E-state index in [1.54, 1.807) is 0 Å². The van der Waals surface area contributed by atoms with Gasteiger partial charge in [0.25, 0.3) is 0 Å². The predicted molar refractivity (Wildman–Crippen MR) is 74.4 cm³/mol. The van der Waals surface area contributed by atoms with Crippen molar-refractivity contribution < 1.29 is 5.11 Å². The fraction of sp³-hybridized carbons (Fsp3) is 0.571. The highest BCUT2D eigenvalue weighted by atomic mass is 16.3. The fourth-order valence-corrected chi connectivity index (χ4v) is 2.36. The van der Waals surface area contributed by atoms with Gasteiger partial charge in [-0.1, -0.05) is 12.1 Å². The van der Waals surface area contributed by atoms with Gasteiger partial charge in [-0.25, -0.2) is 0 Å². The minimum absolute atomic E-state index is 0.412. The Labute approximate surface area is 109 Å². The van der Waals surface area contributed by atoms with Crippen LogP contribution < -0.4 is 11.1 Å². The number of rotatable bonds is 4. The molecule has 0 amide bonds. The third kappa shape index (κ3) is 3.98. The summed E-state index contributed by atoms with van der Waals surface area (Å²) in [4.78, 5) is 2.41. The highest BCUT2D eigenvalue weighted by Gasteiger charge is 2.12. The van der Waals surface area contributed by atoms with Crippen LogP contribution in [-0.4, -0.2) is 42.7 Å². The van der Waals surface area contributed by atoms with Crippen molar-refractivity contribution in [1.82, 2.24) is 10.2 Å². The second-order valence-corrected chi connectivity index (χ2v) is 4.92. The summed E-state index contributed by atoms with van der Waals surface area (Å²) in [5, 5.41) is 13.5. The number of aliphatic hydroxyl groups is 1. The maximum absolute atomic E-state index is 10.1. The molecule has 4 nitrogen and oxygen atoms in total. The molecule has 1 fully saturated rings. The molecule has 1 saturated heterocycles. The first-order chi connectivity index (χ1) is 8.75. The standard InChI is InChI=1S/C14H23N3O/c15-13-4-1-3-12(11-13)14(18)5-9-17-8-2-6-16-7-10-17/h1,3-4,11,14,16,18H,2,5-10,15H2. The van der Waals surface area contributed by atoms with E-state index in [1.807, 2.05) is 24.3 Å². The van der Waals surface area contributed by atoms with Crippen molar-refractivity contribution in [3.63, 3.8) is 0 Å². The lowest BCUT2D eigenvalue weighted by Gasteiger charge is -2.21. The third-order valence-electron chi connectivity index (χ3n) is 3.45. The molecule has 0 saturated carbocycles. The molecule has 1 aliphatic heterocycles. The van der Waals surface area contributed by atoms with Crippen LogP contribution in [0.1, 0.15) is 24.5 Å². The van der Waals surface area contributed by atoms with Crippen LogP contribution in [0.25, 0.3) is 0 Å². The van der Waals surface area contributed by atoms with Gasteiger partial charge in [-0.2, -0.15) is 0 Å². The summed E-state index contributed by atoms with van der Waals surface area (Å²) in [5.74, 6) is 0. The Morgan fingerprint density at radius 1 is 1.33 bits per heavy atom. The van der Waals surface area contributed by atoms with Gasteiger partial charge in [0.05, 0.1) is 6.10 Å². The average molecular weight is 249 g/mol. The molecule has 1 aliphatic rings. The van der Waals surface area contributed by atoms with Crippen molar-refractivity contribution in [1.29, 1.82) is 0 Å². The molecule has 100 valence electrons. The summed E-state index contributed by atoms with van der Waals surface area (Å²) < 4.78 is 0. The Hall–Kier alpha value is -1.10. The number of aliphatic hydroxyl groups excluding tert-OH is 1. The van der Waals surface area contributed by atoms with Crippen LogP contribution in [0.15, 0.2) is 24.3 Å². The van der Waals surface area contributed by atoms with E-state index in [2.05, 4.69) is 10.2 Å². The van der Waals surface area contributed by atoms with Crippen LogP contribution in [-0.2, 0) is 0 Å². The quantitative estimate of drug-likeness (QED) is 0.696. The average Bonchev–Trinajstić information content (AvgIpc) is 2.64. The lowest BCUT2D eigenvalue weighted by Crippen LogP contribution is -2.29. The molecule has 0 aliphatic carbocycles. The van der Waals surface area contributed by atoms with Crippen LogP contribution in [0.2, 0.25) is 0 Å². The van der Waals surface area contributed by atoms with E-state index in [9.17, 15) is 5.11 Å². The molecule has 2 rings (SSSR count). The van der Waals surface area contributed by atoms with Crippen LogP contribution in [0.5, 0.6) is 0 Å². The topological polar surface area (TPSA) is 61.5 Å². The van der Waals surface area contributed by atoms with Crippen molar-refractivity contribution >= 4 is 5.69 Å². The second kappa shape index (κ2) is 6.73. The number of nitrogen functional groups attached to an aromatic ring is 1. The minimum atomic E-state index is -0.412. The van der Waals surface area contributed by atoms with Crippen LogP contribution in [0.3, 0.4) is 0 Å². The van der Waals surface area contributed by atoms with Gasteiger partial charge in [0.2, 0.25) is 0 Å². The summed E-state index contributed by atoms with van der Waals surface area (Å²) in [5.41, 5.74) is 7.36. The number of hydrogen-bond acceptors (Lipinski definition) is 4. The monoisotopic (exact) mass is 249 g/mol. The van der Waals surface area contributed by atoms with Gasteiger partial charge in [-0.15, -0.1) is 0 Å².